The molecule has 0 bridgehead atoms. The van der Waals surface area contributed by atoms with Crippen molar-refractivity contribution in [3.05, 3.63) is 0 Å². The Morgan fingerprint density at radius 2 is 2.54 bits per heavy atom. The van der Waals surface area contributed by atoms with Crippen molar-refractivity contribution in [2.75, 3.05) is 13.2 Å². The molecule has 13 heavy (non-hydrogen) atoms. The highest BCUT2D eigenvalue weighted by atomic mass is 19.1. The average Bonchev–Trinajstić information content (AvgIpc) is 2.47. The maximum absolute atomic E-state index is 12.3. The number of hydrogen-bond acceptors (Lipinski definition) is 4. The highest BCUT2D eigenvalue weighted by Crippen LogP contribution is 2.14. The molecule has 0 aromatic carbocycles. The minimum Gasteiger partial charge on any atom is -0.465 e. The molecule has 0 aliphatic carbocycles. The van der Waals surface area contributed by atoms with E-state index in [4.69, 9.17) is 0 Å². The second-order valence-electron chi connectivity index (χ2n) is 2.90. The van der Waals surface area contributed by atoms with Crippen LogP contribution in [0.5, 0.6) is 0 Å². The van der Waals surface area contributed by atoms with Crippen molar-refractivity contribution >= 4 is 11.9 Å². The maximum Gasteiger partial charge on any atom is 0.340 e. The minimum atomic E-state index is -1.64. The molecule has 2 atom stereocenters. The van der Waals surface area contributed by atoms with Crippen LogP contribution in [0.15, 0.2) is 0 Å². The first-order valence-corrected chi connectivity index (χ1v) is 4.08. The van der Waals surface area contributed by atoms with E-state index in [1.54, 1.807) is 0 Å². The molecule has 0 saturated carbocycles. The van der Waals surface area contributed by atoms with Crippen molar-refractivity contribution in [1.82, 2.24) is 0 Å². The lowest BCUT2D eigenvalue weighted by molar-refractivity contribution is -0.153. The van der Waals surface area contributed by atoms with Crippen LogP contribution in [-0.4, -0.2) is 31.3 Å². The zero-order valence-electron chi connectivity index (χ0n) is 7.29. The Morgan fingerprint density at radius 3 is 3.00 bits per heavy atom. The summed E-state index contributed by atoms with van der Waals surface area (Å²) in [5.41, 5.74) is 0. The van der Waals surface area contributed by atoms with E-state index in [1.807, 2.05) is 0 Å². The van der Waals surface area contributed by atoms with E-state index in [1.165, 1.54) is 0 Å². The van der Waals surface area contributed by atoms with Crippen molar-refractivity contribution < 1.29 is 23.5 Å². The predicted molar refractivity (Wildman–Crippen MR) is 40.6 cm³/mol. The van der Waals surface area contributed by atoms with Gasteiger partial charge in [-0.1, -0.05) is 0 Å². The van der Waals surface area contributed by atoms with Gasteiger partial charge in [-0.05, 0) is 13.3 Å². The highest BCUT2D eigenvalue weighted by molar-refractivity contribution is 5.76. The van der Waals surface area contributed by atoms with E-state index in [-0.39, 0.29) is 12.6 Å². The van der Waals surface area contributed by atoms with Crippen LogP contribution in [0.25, 0.3) is 0 Å². The molecular formula is C8H11FO4. The van der Waals surface area contributed by atoms with E-state index < -0.39 is 18.1 Å². The fourth-order valence-electron chi connectivity index (χ4n) is 0.986. The number of alkyl halides is 1. The lowest BCUT2D eigenvalue weighted by atomic mass is 10.1. The van der Waals surface area contributed by atoms with Crippen molar-refractivity contribution in [3.8, 4) is 0 Å². The summed E-state index contributed by atoms with van der Waals surface area (Å²) in [6.45, 7) is 1.37. The Hall–Kier alpha value is -1.13. The van der Waals surface area contributed by atoms with Gasteiger partial charge in [0.1, 0.15) is 6.61 Å². The molecule has 0 radical (unpaired) electrons. The lowest BCUT2D eigenvalue weighted by Crippen LogP contribution is -2.22. The average molecular weight is 190 g/mol. The summed E-state index contributed by atoms with van der Waals surface area (Å²) in [5, 5.41) is 0. The summed E-state index contributed by atoms with van der Waals surface area (Å²) in [4.78, 5) is 21.5. The molecule has 5 heteroatoms. The number of halogens is 1. The van der Waals surface area contributed by atoms with Gasteiger partial charge in [0.2, 0.25) is 0 Å². The molecule has 0 N–H and O–H groups in total. The molecule has 74 valence electrons. The molecule has 0 aromatic rings. The summed E-state index contributed by atoms with van der Waals surface area (Å²) in [5.74, 6) is -1.72. The highest BCUT2D eigenvalue weighted by Gasteiger charge is 2.28. The van der Waals surface area contributed by atoms with E-state index in [9.17, 15) is 14.0 Å². The summed E-state index contributed by atoms with van der Waals surface area (Å²) in [7, 11) is 0. The van der Waals surface area contributed by atoms with Crippen LogP contribution >= 0.6 is 0 Å². The third-order valence-electron chi connectivity index (χ3n) is 1.80. The Morgan fingerprint density at radius 1 is 1.85 bits per heavy atom. The van der Waals surface area contributed by atoms with Gasteiger partial charge < -0.3 is 9.47 Å². The summed E-state index contributed by atoms with van der Waals surface area (Å²) in [6.07, 6.45) is -1.11. The van der Waals surface area contributed by atoms with Crippen LogP contribution in [0.2, 0.25) is 0 Å². The second-order valence-corrected chi connectivity index (χ2v) is 2.90. The van der Waals surface area contributed by atoms with Gasteiger partial charge in [0, 0.05) is 0 Å². The molecule has 1 rings (SSSR count). The van der Waals surface area contributed by atoms with Gasteiger partial charge in [0.15, 0.2) is 6.17 Å². The summed E-state index contributed by atoms with van der Waals surface area (Å²) >= 11 is 0. The molecule has 0 aromatic heterocycles. The first-order valence-electron chi connectivity index (χ1n) is 4.08. The number of hydrogen-bond donors (Lipinski definition) is 0. The van der Waals surface area contributed by atoms with E-state index in [0.29, 0.717) is 13.0 Å². The standard InChI is InChI=1S/C8H11FO4/c1-5(9)7(10)13-4-6-2-3-12-8(6)11/h5-6H,2-4H2,1H3. The van der Waals surface area contributed by atoms with Crippen LogP contribution in [0, 0.1) is 5.92 Å². The fraction of sp³-hybridized carbons (Fsp3) is 0.750. The fourth-order valence-corrected chi connectivity index (χ4v) is 0.986. The van der Waals surface area contributed by atoms with Gasteiger partial charge >= 0.3 is 11.9 Å². The number of carbonyl (C=O) groups excluding carboxylic acids is 2. The zero-order chi connectivity index (χ0) is 9.84. The Balaban J connectivity index is 2.26. The van der Waals surface area contributed by atoms with Crippen LogP contribution in [0.1, 0.15) is 13.3 Å². The Kier molecular flexibility index (Phi) is 3.22. The van der Waals surface area contributed by atoms with Crippen molar-refractivity contribution in [1.29, 1.82) is 0 Å². The molecule has 4 nitrogen and oxygen atoms in total. The quantitative estimate of drug-likeness (QED) is 0.606. The normalized spacial score (nSPS) is 23.8. The van der Waals surface area contributed by atoms with Gasteiger partial charge in [0.05, 0.1) is 12.5 Å². The molecule has 1 fully saturated rings. The second kappa shape index (κ2) is 4.20. The zero-order valence-corrected chi connectivity index (χ0v) is 7.29. The molecule has 1 saturated heterocycles. The number of cyclic esters (lactones) is 1. The number of ether oxygens (including phenoxy) is 2. The first kappa shape index (κ1) is 9.95. The van der Waals surface area contributed by atoms with Crippen LogP contribution in [-0.2, 0) is 19.1 Å². The Bertz CT molecular complexity index is 214. The van der Waals surface area contributed by atoms with Crippen LogP contribution in [0.3, 0.4) is 0 Å². The van der Waals surface area contributed by atoms with Crippen molar-refractivity contribution in [2.24, 2.45) is 5.92 Å². The van der Waals surface area contributed by atoms with Crippen LogP contribution in [0.4, 0.5) is 4.39 Å². The maximum atomic E-state index is 12.3. The number of esters is 2. The minimum absolute atomic E-state index is 0.0775. The third kappa shape index (κ3) is 2.68. The topological polar surface area (TPSA) is 52.6 Å². The van der Waals surface area contributed by atoms with Gasteiger partial charge in [-0.3, -0.25) is 4.79 Å². The SMILES string of the molecule is CC(F)C(=O)OCC1CCOC1=O. The first-order chi connectivity index (χ1) is 6.11. The van der Waals surface area contributed by atoms with E-state index >= 15 is 0 Å². The predicted octanol–water partition coefficient (Wildman–Crippen LogP) is 0.451. The molecule has 1 aliphatic heterocycles. The lowest BCUT2D eigenvalue weighted by Gasteiger charge is -2.07. The van der Waals surface area contributed by atoms with Crippen molar-refractivity contribution in [3.63, 3.8) is 0 Å². The molecule has 0 amide bonds. The van der Waals surface area contributed by atoms with Crippen LogP contribution < -0.4 is 0 Å². The monoisotopic (exact) mass is 190 g/mol. The smallest absolute Gasteiger partial charge is 0.340 e. The van der Waals surface area contributed by atoms with Gasteiger partial charge in [-0.2, -0.15) is 0 Å². The third-order valence-corrected chi connectivity index (χ3v) is 1.80. The molecule has 0 spiro atoms. The molecule has 1 heterocycles. The molecular weight excluding hydrogens is 179 g/mol. The summed E-state index contributed by atoms with van der Waals surface area (Å²) in [6, 6.07) is 0. The van der Waals surface area contributed by atoms with E-state index in [2.05, 4.69) is 9.47 Å². The van der Waals surface area contributed by atoms with Gasteiger partial charge in [-0.15, -0.1) is 0 Å². The molecule has 2 unspecified atom stereocenters. The van der Waals surface area contributed by atoms with Gasteiger partial charge in [0.25, 0.3) is 0 Å². The molecule has 1 aliphatic rings. The van der Waals surface area contributed by atoms with Gasteiger partial charge in [-0.25, -0.2) is 9.18 Å². The largest absolute Gasteiger partial charge is 0.465 e. The number of rotatable bonds is 3. The van der Waals surface area contributed by atoms with E-state index in [0.717, 1.165) is 6.92 Å². The summed E-state index contributed by atoms with van der Waals surface area (Å²) < 4.78 is 21.5. The van der Waals surface area contributed by atoms with Crippen molar-refractivity contribution in [2.45, 2.75) is 19.5 Å². The number of carbonyl (C=O) groups is 2. The Labute approximate surface area is 75.0 Å².